The molecule has 196 valence electrons. The van der Waals surface area contributed by atoms with Crippen LogP contribution in [0.25, 0.3) is 0 Å². The average molecular weight is 517 g/mol. The van der Waals surface area contributed by atoms with E-state index in [4.69, 9.17) is 4.74 Å². The maximum absolute atomic E-state index is 13.9. The summed E-state index contributed by atoms with van der Waals surface area (Å²) in [7, 11) is 1.47. The highest BCUT2D eigenvalue weighted by atomic mass is 19.4. The van der Waals surface area contributed by atoms with Crippen LogP contribution in [0.4, 0.5) is 24.5 Å². The van der Waals surface area contributed by atoms with E-state index >= 15 is 0 Å². The summed E-state index contributed by atoms with van der Waals surface area (Å²) in [5.41, 5.74) is 1.85. The van der Waals surface area contributed by atoms with Crippen molar-refractivity contribution in [1.82, 2.24) is 29.9 Å². The minimum Gasteiger partial charge on any atom is -0.467 e. The first-order valence-electron chi connectivity index (χ1n) is 12.0. The summed E-state index contributed by atoms with van der Waals surface area (Å²) in [5, 5.41) is 7.98. The Labute approximate surface area is 211 Å². The van der Waals surface area contributed by atoms with Crippen LogP contribution in [0.2, 0.25) is 0 Å². The number of amides is 1. The first-order chi connectivity index (χ1) is 17.7. The lowest BCUT2D eigenvalue weighted by atomic mass is 9.91. The Kier molecular flexibility index (Phi) is 6.61. The number of fused-ring (bicyclic) bond motifs is 1. The molecule has 10 nitrogen and oxygen atoms in total. The van der Waals surface area contributed by atoms with E-state index in [0.29, 0.717) is 49.5 Å². The SMILES string of the molecule is COc1ncc(N2CCc3c(C(F)(F)F)ccc(N4CCN(C(=O)Cn5nccn5)[C@H](C)C4)c3C2)cn1. The van der Waals surface area contributed by atoms with Crippen molar-refractivity contribution in [3.63, 3.8) is 0 Å². The van der Waals surface area contributed by atoms with Gasteiger partial charge < -0.3 is 19.4 Å². The largest absolute Gasteiger partial charge is 0.467 e. The van der Waals surface area contributed by atoms with Gasteiger partial charge in [0.1, 0.15) is 6.54 Å². The molecular formula is C24H27F3N8O2. The van der Waals surface area contributed by atoms with Crippen molar-refractivity contribution in [1.29, 1.82) is 0 Å². The molecule has 0 saturated carbocycles. The van der Waals surface area contributed by atoms with Crippen molar-refractivity contribution in [2.75, 3.05) is 43.1 Å². The van der Waals surface area contributed by atoms with Gasteiger partial charge in [0.05, 0.1) is 43.1 Å². The molecule has 0 bridgehead atoms. The molecule has 0 radical (unpaired) electrons. The van der Waals surface area contributed by atoms with Crippen LogP contribution in [-0.2, 0) is 30.5 Å². The van der Waals surface area contributed by atoms with E-state index in [9.17, 15) is 18.0 Å². The lowest BCUT2D eigenvalue weighted by molar-refractivity contribution is -0.138. The predicted molar refractivity (Wildman–Crippen MR) is 128 cm³/mol. The van der Waals surface area contributed by atoms with Crippen molar-refractivity contribution in [2.45, 2.75) is 38.7 Å². The maximum Gasteiger partial charge on any atom is 0.416 e. The van der Waals surface area contributed by atoms with E-state index in [2.05, 4.69) is 25.1 Å². The van der Waals surface area contributed by atoms with Crippen LogP contribution in [-0.4, -0.2) is 75.1 Å². The summed E-state index contributed by atoms with van der Waals surface area (Å²) in [4.78, 5) is 28.3. The molecule has 1 atom stereocenters. The minimum atomic E-state index is -4.44. The number of hydrogen-bond donors (Lipinski definition) is 0. The van der Waals surface area contributed by atoms with Crippen molar-refractivity contribution in [3.8, 4) is 6.01 Å². The van der Waals surface area contributed by atoms with E-state index in [1.165, 1.54) is 30.4 Å². The van der Waals surface area contributed by atoms with Gasteiger partial charge in [0.2, 0.25) is 5.91 Å². The van der Waals surface area contributed by atoms with E-state index in [0.717, 1.165) is 5.69 Å². The van der Waals surface area contributed by atoms with Crippen LogP contribution in [0.3, 0.4) is 0 Å². The number of rotatable bonds is 5. The fourth-order valence-corrected chi connectivity index (χ4v) is 5.10. The topological polar surface area (TPSA) is 92.5 Å². The number of ether oxygens (including phenoxy) is 1. The van der Waals surface area contributed by atoms with Crippen molar-refractivity contribution in [3.05, 3.63) is 53.6 Å². The Bertz CT molecular complexity index is 1250. The Balaban J connectivity index is 1.40. The Morgan fingerprint density at radius 2 is 1.78 bits per heavy atom. The van der Waals surface area contributed by atoms with Gasteiger partial charge in [-0.1, -0.05) is 0 Å². The number of piperazine rings is 1. The van der Waals surface area contributed by atoms with E-state index in [-0.39, 0.29) is 30.9 Å². The maximum atomic E-state index is 13.9. The highest BCUT2D eigenvalue weighted by Crippen LogP contribution is 2.40. The molecule has 2 aromatic heterocycles. The summed E-state index contributed by atoms with van der Waals surface area (Å²) < 4.78 is 46.7. The number of aromatic nitrogens is 5. The fourth-order valence-electron chi connectivity index (χ4n) is 5.10. The molecule has 4 heterocycles. The lowest BCUT2D eigenvalue weighted by Crippen LogP contribution is -2.55. The predicted octanol–water partition coefficient (Wildman–Crippen LogP) is 2.40. The molecule has 3 aromatic rings. The lowest BCUT2D eigenvalue weighted by Gasteiger charge is -2.43. The first kappa shape index (κ1) is 24.8. The van der Waals surface area contributed by atoms with Gasteiger partial charge in [0.25, 0.3) is 0 Å². The van der Waals surface area contributed by atoms with Crippen LogP contribution < -0.4 is 14.5 Å². The minimum absolute atomic E-state index is 0.0475. The number of methoxy groups -OCH3 is 1. The molecular weight excluding hydrogens is 489 g/mol. The molecule has 0 aliphatic carbocycles. The molecule has 1 saturated heterocycles. The highest BCUT2D eigenvalue weighted by molar-refractivity contribution is 5.76. The Hall–Kier alpha value is -3.90. The summed E-state index contributed by atoms with van der Waals surface area (Å²) in [6.07, 6.45) is 2.07. The highest BCUT2D eigenvalue weighted by Gasteiger charge is 2.38. The van der Waals surface area contributed by atoms with E-state index < -0.39 is 11.7 Å². The van der Waals surface area contributed by atoms with Gasteiger partial charge in [-0.25, -0.2) is 9.97 Å². The molecule has 0 unspecified atom stereocenters. The molecule has 37 heavy (non-hydrogen) atoms. The normalized spacial score (nSPS) is 18.1. The summed E-state index contributed by atoms with van der Waals surface area (Å²) in [6.45, 7) is 4.16. The number of anilines is 2. The molecule has 13 heteroatoms. The third-order valence-corrected chi connectivity index (χ3v) is 6.89. The summed E-state index contributed by atoms with van der Waals surface area (Å²) >= 11 is 0. The van der Waals surface area contributed by atoms with Crippen LogP contribution >= 0.6 is 0 Å². The van der Waals surface area contributed by atoms with Crippen LogP contribution in [0.5, 0.6) is 6.01 Å². The standard InChI is InChI=1S/C24H27F3N8O2/c1-16-13-33(9-10-34(16)22(36)15-35-30-6-7-31-35)21-4-3-20(24(25,26)27)18-5-8-32(14-19(18)21)17-11-28-23(37-2)29-12-17/h3-4,6-7,11-12,16H,5,8-10,13-15H2,1-2H3/t16-/m1/s1. The number of hydrogen-bond acceptors (Lipinski definition) is 8. The molecule has 0 N–H and O–H groups in total. The van der Waals surface area contributed by atoms with Crippen LogP contribution in [0, 0.1) is 0 Å². The molecule has 2 aliphatic heterocycles. The quantitative estimate of drug-likeness (QED) is 0.511. The van der Waals surface area contributed by atoms with Crippen LogP contribution in [0.1, 0.15) is 23.6 Å². The smallest absolute Gasteiger partial charge is 0.416 e. The van der Waals surface area contributed by atoms with E-state index in [1.807, 2.05) is 11.8 Å². The monoisotopic (exact) mass is 516 g/mol. The first-order valence-corrected chi connectivity index (χ1v) is 12.0. The zero-order valence-electron chi connectivity index (χ0n) is 20.5. The molecule has 1 aromatic carbocycles. The second-order valence-electron chi connectivity index (χ2n) is 9.13. The average Bonchev–Trinajstić information content (AvgIpc) is 3.40. The van der Waals surface area contributed by atoms with Gasteiger partial charge in [-0.05, 0) is 36.6 Å². The summed E-state index contributed by atoms with van der Waals surface area (Å²) in [6, 6.07) is 2.84. The van der Waals surface area contributed by atoms with Gasteiger partial charge in [-0.2, -0.15) is 28.2 Å². The van der Waals surface area contributed by atoms with Gasteiger partial charge in [0, 0.05) is 44.5 Å². The summed E-state index contributed by atoms with van der Waals surface area (Å²) in [5.74, 6) is -0.0940. The Morgan fingerprint density at radius 1 is 1.05 bits per heavy atom. The van der Waals surface area contributed by atoms with Gasteiger partial charge >= 0.3 is 12.2 Å². The number of nitrogens with zero attached hydrogens (tertiary/aromatic N) is 8. The van der Waals surface area contributed by atoms with Crippen molar-refractivity contribution in [2.24, 2.45) is 0 Å². The number of carbonyl (C=O) groups excluding carboxylic acids is 1. The number of halogens is 3. The zero-order valence-corrected chi connectivity index (χ0v) is 20.5. The second-order valence-corrected chi connectivity index (χ2v) is 9.13. The number of benzene rings is 1. The van der Waals surface area contributed by atoms with Crippen LogP contribution in [0.15, 0.2) is 36.9 Å². The third-order valence-electron chi connectivity index (χ3n) is 6.89. The third kappa shape index (κ3) is 5.02. The van der Waals surface area contributed by atoms with Gasteiger partial charge in [-0.15, -0.1) is 0 Å². The van der Waals surface area contributed by atoms with Crippen molar-refractivity contribution >= 4 is 17.3 Å². The molecule has 0 spiro atoms. The number of alkyl halides is 3. The zero-order chi connectivity index (χ0) is 26.2. The van der Waals surface area contributed by atoms with Gasteiger partial charge in [-0.3, -0.25) is 4.79 Å². The van der Waals surface area contributed by atoms with Gasteiger partial charge in [0.15, 0.2) is 0 Å². The van der Waals surface area contributed by atoms with E-state index in [1.54, 1.807) is 23.4 Å². The molecule has 1 fully saturated rings. The Morgan fingerprint density at radius 3 is 2.43 bits per heavy atom. The number of carbonyl (C=O) groups is 1. The fraction of sp³-hybridized carbons (Fsp3) is 0.458. The molecule has 5 rings (SSSR count). The molecule has 2 aliphatic rings. The van der Waals surface area contributed by atoms with Crippen molar-refractivity contribution < 1.29 is 22.7 Å². The molecule has 1 amide bonds. The second kappa shape index (κ2) is 9.87.